The summed E-state index contributed by atoms with van der Waals surface area (Å²) >= 11 is 0. The van der Waals surface area contributed by atoms with E-state index >= 15 is 0 Å². The summed E-state index contributed by atoms with van der Waals surface area (Å²) in [4.78, 5) is 15.6. The van der Waals surface area contributed by atoms with Crippen molar-refractivity contribution in [3.05, 3.63) is 60.4 Å². The molecule has 0 unspecified atom stereocenters. The number of hydrogen-bond donors (Lipinski definition) is 2. The van der Waals surface area contributed by atoms with Gasteiger partial charge < -0.3 is 5.32 Å². The summed E-state index contributed by atoms with van der Waals surface area (Å²) in [7, 11) is -3.90. The first-order valence-electron chi connectivity index (χ1n) is 5.98. The number of pyridine rings is 1. The highest BCUT2D eigenvalue weighted by molar-refractivity contribution is 7.89. The molecule has 0 fully saturated rings. The van der Waals surface area contributed by atoms with Gasteiger partial charge in [-0.15, -0.1) is 0 Å². The summed E-state index contributed by atoms with van der Waals surface area (Å²) < 4.78 is 22.8. The molecular weight excluding hydrogens is 290 g/mol. The van der Waals surface area contributed by atoms with Crippen molar-refractivity contribution in [2.45, 2.75) is 4.90 Å². The third-order valence-electron chi connectivity index (χ3n) is 2.56. The number of hydrogen-bond acceptors (Lipinski definition) is 4. The van der Waals surface area contributed by atoms with Crippen molar-refractivity contribution < 1.29 is 13.2 Å². The molecular formula is C14H13N3O3S. The fourth-order valence-corrected chi connectivity index (χ4v) is 2.33. The minimum Gasteiger partial charge on any atom is -0.321 e. The van der Waals surface area contributed by atoms with Gasteiger partial charge in [-0.2, -0.15) is 0 Å². The van der Waals surface area contributed by atoms with Crippen LogP contribution >= 0.6 is 0 Å². The normalized spacial score (nSPS) is 11.5. The number of nitrogens with one attached hydrogen (secondary N) is 1. The molecule has 108 valence electrons. The first kappa shape index (κ1) is 14.9. The number of amides is 1. The van der Waals surface area contributed by atoms with Crippen LogP contribution < -0.4 is 10.5 Å². The third-order valence-corrected chi connectivity index (χ3v) is 3.53. The van der Waals surface area contributed by atoms with E-state index in [-0.39, 0.29) is 10.6 Å². The van der Waals surface area contributed by atoms with Crippen molar-refractivity contribution in [2.75, 3.05) is 5.32 Å². The smallest absolute Gasteiger partial charge is 0.248 e. The molecule has 2 aromatic rings. The van der Waals surface area contributed by atoms with Crippen LogP contribution in [0.4, 0.5) is 5.69 Å². The number of carbonyl (C=O) groups excluding carboxylic acids is 1. The van der Waals surface area contributed by atoms with E-state index in [0.717, 1.165) is 5.56 Å². The van der Waals surface area contributed by atoms with Gasteiger partial charge in [-0.05, 0) is 29.8 Å². The van der Waals surface area contributed by atoms with Gasteiger partial charge >= 0.3 is 0 Å². The minimum absolute atomic E-state index is 0.131. The van der Waals surface area contributed by atoms with Gasteiger partial charge in [0.15, 0.2) is 0 Å². The van der Waals surface area contributed by atoms with Crippen molar-refractivity contribution in [3.63, 3.8) is 0 Å². The Balaban J connectivity index is 2.16. The maximum absolute atomic E-state index is 11.8. The van der Waals surface area contributed by atoms with E-state index in [2.05, 4.69) is 10.3 Å². The Morgan fingerprint density at radius 2 is 1.95 bits per heavy atom. The zero-order chi connectivity index (χ0) is 15.3. The third kappa shape index (κ3) is 4.23. The van der Waals surface area contributed by atoms with E-state index in [1.54, 1.807) is 36.7 Å². The summed E-state index contributed by atoms with van der Waals surface area (Å²) in [6, 6.07) is 9.46. The number of nitrogens with zero attached hydrogens (tertiary/aromatic N) is 1. The molecule has 0 saturated carbocycles. The lowest BCUT2D eigenvalue weighted by molar-refractivity contribution is -0.111. The zero-order valence-electron chi connectivity index (χ0n) is 10.9. The van der Waals surface area contributed by atoms with Crippen LogP contribution in [0.3, 0.4) is 0 Å². The number of sulfonamides is 1. The molecule has 1 amide bonds. The Morgan fingerprint density at radius 1 is 1.19 bits per heavy atom. The molecule has 0 aliphatic rings. The molecule has 0 aliphatic heterocycles. The van der Waals surface area contributed by atoms with Gasteiger partial charge in [-0.1, -0.05) is 18.2 Å². The molecule has 2 rings (SSSR count). The number of nitrogens with two attached hydrogens (primary N) is 1. The van der Waals surface area contributed by atoms with Gasteiger partial charge in [0, 0.05) is 18.5 Å². The second kappa shape index (κ2) is 6.29. The SMILES string of the molecule is NS(=O)(=O)c1ccccc1NC(=O)C=Cc1cccnc1. The number of primary sulfonamides is 1. The molecule has 1 aromatic carbocycles. The van der Waals surface area contributed by atoms with E-state index in [9.17, 15) is 13.2 Å². The molecule has 0 radical (unpaired) electrons. The van der Waals surface area contributed by atoms with Gasteiger partial charge in [0.2, 0.25) is 15.9 Å². The summed E-state index contributed by atoms with van der Waals surface area (Å²) in [6.07, 6.45) is 6.08. The van der Waals surface area contributed by atoms with Crippen LogP contribution in [-0.4, -0.2) is 19.3 Å². The number of para-hydroxylation sites is 1. The average Bonchev–Trinajstić information content (AvgIpc) is 2.46. The van der Waals surface area contributed by atoms with Crippen LogP contribution in [0.5, 0.6) is 0 Å². The first-order valence-corrected chi connectivity index (χ1v) is 7.52. The predicted octanol–water partition coefficient (Wildman–Crippen LogP) is 1.38. The molecule has 6 nitrogen and oxygen atoms in total. The number of aromatic nitrogens is 1. The van der Waals surface area contributed by atoms with Crippen LogP contribution in [0.25, 0.3) is 6.08 Å². The Labute approximate surface area is 122 Å². The number of benzene rings is 1. The monoisotopic (exact) mass is 303 g/mol. The molecule has 1 aromatic heterocycles. The van der Waals surface area contributed by atoms with Crippen molar-refractivity contribution in [1.29, 1.82) is 0 Å². The lowest BCUT2D eigenvalue weighted by Crippen LogP contribution is -2.17. The molecule has 1 heterocycles. The highest BCUT2D eigenvalue weighted by Crippen LogP contribution is 2.19. The van der Waals surface area contributed by atoms with Gasteiger partial charge in [-0.25, -0.2) is 13.6 Å². The molecule has 0 saturated heterocycles. The van der Waals surface area contributed by atoms with E-state index in [4.69, 9.17) is 5.14 Å². The molecule has 0 bridgehead atoms. The lowest BCUT2D eigenvalue weighted by Gasteiger charge is -2.07. The second-order valence-corrected chi connectivity index (χ2v) is 5.68. The second-order valence-electron chi connectivity index (χ2n) is 4.15. The van der Waals surface area contributed by atoms with Gasteiger partial charge in [-0.3, -0.25) is 9.78 Å². The first-order chi connectivity index (χ1) is 9.97. The van der Waals surface area contributed by atoms with Crippen molar-refractivity contribution in [3.8, 4) is 0 Å². The molecule has 0 aliphatic carbocycles. The largest absolute Gasteiger partial charge is 0.321 e. The van der Waals surface area contributed by atoms with E-state index < -0.39 is 15.9 Å². The van der Waals surface area contributed by atoms with Crippen molar-refractivity contribution in [1.82, 2.24) is 4.98 Å². The van der Waals surface area contributed by atoms with E-state index in [1.165, 1.54) is 24.3 Å². The average molecular weight is 303 g/mol. The zero-order valence-corrected chi connectivity index (χ0v) is 11.7. The fraction of sp³-hybridized carbons (Fsp3) is 0. The van der Waals surface area contributed by atoms with Crippen molar-refractivity contribution >= 4 is 27.7 Å². The van der Waals surface area contributed by atoms with E-state index in [0.29, 0.717) is 0 Å². The standard InChI is InChI=1S/C14H13N3O3S/c15-21(19,20)13-6-2-1-5-12(13)17-14(18)8-7-11-4-3-9-16-10-11/h1-10H,(H,17,18)(H2,15,19,20). The Morgan fingerprint density at radius 3 is 2.62 bits per heavy atom. The Kier molecular flexibility index (Phi) is 4.46. The summed E-state index contributed by atoms with van der Waals surface area (Å²) in [5.41, 5.74) is 0.896. The Bertz CT molecular complexity index is 771. The van der Waals surface area contributed by atoms with Crippen LogP contribution in [-0.2, 0) is 14.8 Å². The Hall–Kier alpha value is -2.51. The maximum atomic E-state index is 11.8. The van der Waals surface area contributed by atoms with Gasteiger partial charge in [0.25, 0.3) is 0 Å². The number of anilines is 1. The minimum atomic E-state index is -3.90. The van der Waals surface area contributed by atoms with E-state index in [1.807, 2.05) is 0 Å². The lowest BCUT2D eigenvalue weighted by atomic mass is 10.2. The number of rotatable bonds is 4. The fourth-order valence-electron chi connectivity index (χ4n) is 1.64. The topological polar surface area (TPSA) is 102 Å². The molecule has 21 heavy (non-hydrogen) atoms. The molecule has 0 spiro atoms. The maximum Gasteiger partial charge on any atom is 0.248 e. The summed E-state index contributed by atoms with van der Waals surface area (Å²) in [5.74, 6) is -0.463. The molecule has 3 N–H and O–H groups in total. The summed E-state index contributed by atoms with van der Waals surface area (Å²) in [5, 5.41) is 7.57. The van der Waals surface area contributed by atoms with Crippen LogP contribution in [0.15, 0.2) is 59.8 Å². The van der Waals surface area contributed by atoms with Crippen LogP contribution in [0.2, 0.25) is 0 Å². The van der Waals surface area contributed by atoms with Crippen molar-refractivity contribution in [2.24, 2.45) is 5.14 Å². The van der Waals surface area contributed by atoms with Crippen LogP contribution in [0, 0.1) is 0 Å². The van der Waals surface area contributed by atoms with Crippen LogP contribution in [0.1, 0.15) is 5.56 Å². The van der Waals surface area contributed by atoms with Gasteiger partial charge in [0.1, 0.15) is 4.90 Å². The quantitative estimate of drug-likeness (QED) is 0.833. The summed E-state index contributed by atoms with van der Waals surface area (Å²) in [6.45, 7) is 0. The van der Waals surface area contributed by atoms with Gasteiger partial charge in [0.05, 0.1) is 5.69 Å². The molecule has 0 atom stereocenters. The highest BCUT2D eigenvalue weighted by Gasteiger charge is 2.13. The molecule has 7 heteroatoms. The highest BCUT2D eigenvalue weighted by atomic mass is 32.2. The predicted molar refractivity (Wildman–Crippen MR) is 79.7 cm³/mol. The number of carbonyl (C=O) groups is 1.